The molecule has 2 N–H and O–H groups in total. The van der Waals surface area contributed by atoms with E-state index in [0.29, 0.717) is 13.1 Å². The monoisotopic (exact) mass is 494 g/mol. The Morgan fingerprint density at radius 1 is 1.21 bits per heavy atom. The molecule has 0 amide bonds. The lowest BCUT2D eigenvalue weighted by Gasteiger charge is -2.12. The number of nitrogens with one attached hydrogen (secondary N) is 2. The number of halogens is 1. The van der Waals surface area contributed by atoms with Gasteiger partial charge in [0.2, 0.25) is 0 Å². The van der Waals surface area contributed by atoms with Crippen molar-refractivity contribution in [3.8, 4) is 5.82 Å². The van der Waals surface area contributed by atoms with Gasteiger partial charge < -0.3 is 10.6 Å². The first-order valence-electron chi connectivity index (χ1n) is 9.04. The number of aliphatic imine (C=N–C) groups is 1. The van der Waals surface area contributed by atoms with Crippen LogP contribution in [0.2, 0.25) is 0 Å². The van der Waals surface area contributed by atoms with Crippen LogP contribution in [-0.4, -0.2) is 37.0 Å². The second-order valence-electron chi connectivity index (χ2n) is 6.29. The van der Waals surface area contributed by atoms with Crippen LogP contribution in [0.15, 0.2) is 41.8 Å². The minimum atomic E-state index is 0. The van der Waals surface area contributed by atoms with Crippen LogP contribution in [0, 0.1) is 13.8 Å². The minimum Gasteiger partial charge on any atom is -0.357 e. The number of guanidine groups is 1. The molecule has 0 fully saturated rings. The fourth-order valence-corrected chi connectivity index (χ4v) is 2.85. The van der Waals surface area contributed by atoms with Gasteiger partial charge in [-0.1, -0.05) is 0 Å². The Morgan fingerprint density at radius 2 is 2.04 bits per heavy atom. The van der Waals surface area contributed by atoms with Crippen molar-refractivity contribution in [3.05, 3.63) is 59.3 Å². The third-order valence-electron chi connectivity index (χ3n) is 4.40. The average molecular weight is 494 g/mol. The molecule has 9 heteroatoms. The lowest BCUT2D eigenvalue weighted by Crippen LogP contribution is -2.37. The molecule has 3 rings (SSSR count). The summed E-state index contributed by atoms with van der Waals surface area (Å²) in [5, 5.41) is 15.4. The number of aromatic nitrogens is 5. The molecule has 8 nitrogen and oxygen atoms in total. The van der Waals surface area contributed by atoms with Gasteiger partial charge in [0.05, 0.1) is 12.2 Å². The van der Waals surface area contributed by atoms with Crippen molar-refractivity contribution < 1.29 is 0 Å². The molecule has 0 spiro atoms. The normalized spacial score (nSPS) is 11.2. The van der Waals surface area contributed by atoms with Crippen LogP contribution < -0.4 is 10.6 Å². The van der Waals surface area contributed by atoms with Crippen molar-refractivity contribution in [3.63, 3.8) is 0 Å². The molecule has 3 aromatic rings. The van der Waals surface area contributed by atoms with Gasteiger partial charge in [0, 0.05) is 50.0 Å². The molecule has 0 aliphatic heterocycles. The van der Waals surface area contributed by atoms with Crippen LogP contribution in [0.1, 0.15) is 29.4 Å². The summed E-state index contributed by atoms with van der Waals surface area (Å²) in [5.74, 6) is 1.56. The fraction of sp³-hybridized carbons (Fsp3) is 0.368. The lowest BCUT2D eigenvalue weighted by molar-refractivity contribution is 0.728. The summed E-state index contributed by atoms with van der Waals surface area (Å²) in [6.45, 7) is 8.20. The maximum Gasteiger partial charge on any atom is 0.191 e. The summed E-state index contributed by atoms with van der Waals surface area (Å²) < 4.78 is 3.65. The molecule has 0 radical (unpaired) electrons. The standard InChI is InChI=1S/C19H26N8.HI/c1-5-20-19(23-13-17-14(2)25-26(4)15(17)3)22-12-16-7-9-21-18(11-16)27-10-6-8-24-27;/h6-11H,5,12-13H2,1-4H3,(H2,20,22,23);1H. The summed E-state index contributed by atoms with van der Waals surface area (Å²) in [5.41, 5.74) is 4.47. The van der Waals surface area contributed by atoms with Crippen LogP contribution >= 0.6 is 24.0 Å². The quantitative estimate of drug-likeness (QED) is 0.313. The molecule has 0 saturated heterocycles. The Hall–Kier alpha value is -2.43. The van der Waals surface area contributed by atoms with Crippen LogP contribution in [0.5, 0.6) is 0 Å². The highest BCUT2D eigenvalue weighted by molar-refractivity contribution is 14.0. The third kappa shape index (κ3) is 5.31. The number of nitrogens with zero attached hydrogens (tertiary/aromatic N) is 6. The first-order valence-corrected chi connectivity index (χ1v) is 9.04. The summed E-state index contributed by atoms with van der Waals surface area (Å²) in [6.07, 6.45) is 5.40. The predicted molar refractivity (Wildman–Crippen MR) is 121 cm³/mol. The molecule has 150 valence electrons. The van der Waals surface area contributed by atoms with Crippen molar-refractivity contribution in [1.29, 1.82) is 0 Å². The van der Waals surface area contributed by atoms with E-state index in [-0.39, 0.29) is 24.0 Å². The van der Waals surface area contributed by atoms with Gasteiger partial charge in [-0.05, 0) is 44.5 Å². The first kappa shape index (κ1) is 21.9. The molecule has 0 unspecified atom stereocenters. The SMILES string of the molecule is CCNC(=NCc1ccnc(-n2cccn2)c1)NCc1c(C)nn(C)c1C.I. The maximum absolute atomic E-state index is 4.70. The molecular formula is C19H27IN8. The third-order valence-corrected chi connectivity index (χ3v) is 4.40. The topological polar surface area (TPSA) is 84.9 Å². The number of hydrogen-bond donors (Lipinski definition) is 2. The second kappa shape index (κ2) is 10.2. The molecule has 0 atom stereocenters. The molecule has 28 heavy (non-hydrogen) atoms. The van der Waals surface area contributed by atoms with Gasteiger partial charge in [-0.15, -0.1) is 24.0 Å². The predicted octanol–water partition coefficient (Wildman–Crippen LogP) is 2.49. The van der Waals surface area contributed by atoms with Gasteiger partial charge in [-0.25, -0.2) is 14.7 Å². The molecule has 0 bridgehead atoms. The highest BCUT2D eigenvalue weighted by Gasteiger charge is 2.09. The van der Waals surface area contributed by atoms with E-state index >= 15 is 0 Å². The van der Waals surface area contributed by atoms with E-state index in [4.69, 9.17) is 4.99 Å². The number of aryl methyl sites for hydroxylation is 2. The summed E-state index contributed by atoms with van der Waals surface area (Å²) in [7, 11) is 1.96. The Balaban J connectivity index is 0.00000280. The van der Waals surface area contributed by atoms with Gasteiger partial charge in [0.15, 0.2) is 11.8 Å². The Bertz CT molecular complexity index is 914. The van der Waals surface area contributed by atoms with Crippen LogP contribution in [0.4, 0.5) is 0 Å². The van der Waals surface area contributed by atoms with Crippen molar-refractivity contribution in [2.75, 3.05) is 6.54 Å². The fourth-order valence-electron chi connectivity index (χ4n) is 2.85. The molecule has 3 aromatic heterocycles. The van der Waals surface area contributed by atoms with E-state index in [1.807, 2.05) is 43.0 Å². The van der Waals surface area contributed by atoms with E-state index in [1.54, 1.807) is 17.1 Å². The van der Waals surface area contributed by atoms with Crippen molar-refractivity contribution in [1.82, 2.24) is 35.2 Å². The number of pyridine rings is 1. The van der Waals surface area contributed by atoms with E-state index in [9.17, 15) is 0 Å². The van der Waals surface area contributed by atoms with Crippen molar-refractivity contribution in [2.45, 2.75) is 33.9 Å². The molecule has 3 heterocycles. The zero-order chi connectivity index (χ0) is 19.2. The van der Waals surface area contributed by atoms with E-state index in [2.05, 4.69) is 39.7 Å². The van der Waals surface area contributed by atoms with Crippen LogP contribution in [0.3, 0.4) is 0 Å². The van der Waals surface area contributed by atoms with Crippen molar-refractivity contribution in [2.24, 2.45) is 12.0 Å². The second-order valence-corrected chi connectivity index (χ2v) is 6.29. The highest BCUT2D eigenvalue weighted by Crippen LogP contribution is 2.11. The number of rotatable bonds is 6. The van der Waals surface area contributed by atoms with E-state index in [1.165, 1.54) is 5.56 Å². The molecule has 0 aliphatic rings. The van der Waals surface area contributed by atoms with E-state index in [0.717, 1.165) is 35.3 Å². The zero-order valence-corrected chi connectivity index (χ0v) is 19.0. The van der Waals surface area contributed by atoms with Gasteiger partial charge in [-0.3, -0.25) is 4.68 Å². The van der Waals surface area contributed by atoms with Crippen LogP contribution in [0.25, 0.3) is 5.82 Å². The van der Waals surface area contributed by atoms with Crippen LogP contribution in [-0.2, 0) is 20.1 Å². The average Bonchev–Trinajstić information content (AvgIpc) is 3.28. The lowest BCUT2D eigenvalue weighted by atomic mass is 10.2. The summed E-state index contributed by atoms with van der Waals surface area (Å²) >= 11 is 0. The molecular weight excluding hydrogens is 467 g/mol. The highest BCUT2D eigenvalue weighted by atomic mass is 127. The Morgan fingerprint density at radius 3 is 2.68 bits per heavy atom. The zero-order valence-electron chi connectivity index (χ0n) is 16.7. The molecule has 0 saturated carbocycles. The van der Waals surface area contributed by atoms with Gasteiger partial charge in [0.25, 0.3) is 0 Å². The smallest absolute Gasteiger partial charge is 0.191 e. The van der Waals surface area contributed by atoms with Gasteiger partial charge >= 0.3 is 0 Å². The van der Waals surface area contributed by atoms with Gasteiger partial charge in [-0.2, -0.15) is 10.2 Å². The molecule has 0 aliphatic carbocycles. The summed E-state index contributed by atoms with van der Waals surface area (Å²) in [4.78, 5) is 9.05. The Kier molecular flexibility index (Phi) is 7.97. The minimum absolute atomic E-state index is 0. The van der Waals surface area contributed by atoms with Crippen molar-refractivity contribution >= 4 is 29.9 Å². The van der Waals surface area contributed by atoms with Gasteiger partial charge in [0.1, 0.15) is 0 Å². The van der Waals surface area contributed by atoms with E-state index < -0.39 is 0 Å². The summed E-state index contributed by atoms with van der Waals surface area (Å²) in [6, 6.07) is 5.84. The Labute approximate surface area is 182 Å². The first-order chi connectivity index (χ1) is 13.1. The largest absolute Gasteiger partial charge is 0.357 e. The maximum atomic E-state index is 4.70. The molecule has 0 aromatic carbocycles. The number of hydrogen-bond acceptors (Lipinski definition) is 4.